The topological polar surface area (TPSA) is 35.0 Å². The molecule has 0 aliphatic rings. The van der Waals surface area contributed by atoms with E-state index in [1.807, 2.05) is 24.3 Å². The summed E-state index contributed by atoms with van der Waals surface area (Å²) in [4.78, 5) is 7.82. The molecule has 88 valence electrons. The van der Waals surface area contributed by atoms with Crippen LogP contribution in [0.2, 0.25) is 10.4 Å². The molecular formula is C12H10Cl2N2O. The predicted octanol–water partition coefficient (Wildman–Crippen LogP) is 3.38. The minimum atomic E-state index is 0.157. The van der Waals surface area contributed by atoms with Gasteiger partial charge in [-0.05, 0) is 29.3 Å². The molecule has 2 aromatic rings. The Kier molecular flexibility index (Phi) is 3.82. The Bertz CT molecular complexity index is 532. The van der Waals surface area contributed by atoms with E-state index in [0.29, 0.717) is 11.6 Å². The molecular weight excluding hydrogens is 259 g/mol. The Balaban J connectivity index is 2.25. The van der Waals surface area contributed by atoms with Crippen LogP contribution in [-0.4, -0.2) is 17.1 Å². The molecule has 2 rings (SSSR count). The zero-order chi connectivity index (χ0) is 12.3. The molecule has 1 heterocycles. The van der Waals surface area contributed by atoms with Crippen LogP contribution >= 0.6 is 23.2 Å². The summed E-state index contributed by atoms with van der Waals surface area (Å²) >= 11 is 11.6. The van der Waals surface area contributed by atoms with E-state index in [0.717, 1.165) is 16.9 Å². The van der Waals surface area contributed by atoms with Crippen LogP contribution in [0.25, 0.3) is 0 Å². The molecule has 0 spiro atoms. The van der Waals surface area contributed by atoms with Crippen LogP contribution in [0, 0.1) is 0 Å². The molecule has 1 aromatic heterocycles. The highest BCUT2D eigenvalue weighted by Crippen LogP contribution is 2.20. The molecule has 0 aliphatic heterocycles. The van der Waals surface area contributed by atoms with Gasteiger partial charge in [-0.2, -0.15) is 0 Å². The second-order valence-corrected chi connectivity index (χ2v) is 4.18. The van der Waals surface area contributed by atoms with E-state index in [4.69, 9.17) is 27.9 Å². The number of benzene rings is 1. The lowest BCUT2D eigenvalue weighted by Crippen LogP contribution is -1.94. The summed E-state index contributed by atoms with van der Waals surface area (Å²) in [6.45, 7) is 0. The second-order valence-electron chi connectivity index (χ2n) is 3.48. The van der Waals surface area contributed by atoms with Crippen LogP contribution in [0.1, 0.15) is 11.1 Å². The quantitative estimate of drug-likeness (QED) is 0.632. The number of rotatable bonds is 3. The molecule has 17 heavy (non-hydrogen) atoms. The van der Waals surface area contributed by atoms with Gasteiger partial charge in [-0.3, -0.25) is 0 Å². The number of methoxy groups -OCH3 is 1. The van der Waals surface area contributed by atoms with E-state index in [1.54, 1.807) is 13.3 Å². The maximum absolute atomic E-state index is 5.99. The molecule has 0 aliphatic carbocycles. The van der Waals surface area contributed by atoms with Gasteiger partial charge in [-0.15, -0.1) is 0 Å². The van der Waals surface area contributed by atoms with Crippen molar-refractivity contribution >= 4 is 23.2 Å². The van der Waals surface area contributed by atoms with Crippen molar-refractivity contribution in [1.82, 2.24) is 9.97 Å². The molecule has 0 amide bonds. The highest BCUT2D eigenvalue weighted by Gasteiger charge is 2.05. The lowest BCUT2D eigenvalue weighted by Gasteiger charge is -2.05. The monoisotopic (exact) mass is 268 g/mol. The van der Waals surface area contributed by atoms with Crippen molar-refractivity contribution in [1.29, 1.82) is 0 Å². The number of halogens is 2. The molecule has 1 aromatic carbocycles. The Morgan fingerprint density at radius 2 is 2.12 bits per heavy atom. The first-order valence-electron chi connectivity index (χ1n) is 4.99. The lowest BCUT2D eigenvalue weighted by molar-refractivity contribution is 0.414. The first kappa shape index (κ1) is 12.1. The van der Waals surface area contributed by atoms with E-state index in [-0.39, 0.29) is 5.28 Å². The smallest absolute Gasteiger partial charge is 0.223 e. The molecule has 0 N–H and O–H groups in total. The number of hydrogen-bond donors (Lipinski definition) is 0. The third-order valence-corrected chi connectivity index (χ3v) is 2.82. The fourth-order valence-corrected chi connectivity index (χ4v) is 1.86. The van der Waals surface area contributed by atoms with Crippen LogP contribution in [0.3, 0.4) is 0 Å². The van der Waals surface area contributed by atoms with Gasteiger partial charge in [0.25, 0.3) is 0 Å². The highest BCUT2D eigenvalue weighted by molar-refractivity contribution is 6.32. The van der Waals surface area contributed by atoms with Crippen LogP contribution in [0.4, 0.5) is 0 Å². The van der Waals surface area contributed by atoms with Gasteiger partial charge in [-0.1, -0.05) is 23.7 Å². The van der Waals surface area contributed by atoms with Crippen molar-refractivity contribution in [2.75, 3.05) is 7.11 Å². The van der Waals surface area contributed by atoms with Crippen LogP contribution in [0.15, 0.2) is 30.5 Å². The number of nitrogens with zero attached hydrogens (tertiary/aromatic N) is 2. The normalized spacial score (nSPS) is 10.3. The number of aromatic nitrogens is 2. The molecule has 0 bridgehead atoms. The van der Waals surface area contributed by atoms with Crippen molar-refractivity contribution < 1.29 is 4.74 Å². The van der Waals surface area contributed by atoms with E-state index < -0.39 is 0 Å². The van der Waals surface area contributed by atoms with Gasteiger partial charge in [0.05, 0.1) is 7.11 Å². The summed E-state index contributed by atoms with van der Waals surface area (Å²) in [5.74, 6) is 0.813. The van der Waals surface area contributed by atoms with Crippen LogP contribution in [-0.2, 0) is 6.42 Å². The largest absolute Gasteiger partial charge is 0.497 e. The zero-order valence-electron chi connectivity index (χ0n) is 9.15. The fraction of sp³-hybridized carbons (Fsp3) is 0.167. The Morgan fingerprint density at radius 3 is 2.82 bits per heavy atom. The van der Waals surface area contributed by atoms with Crippen LogP contribution < -0.4 is 4.74 Å². The summed E-state index contributed by atoms with van der Waals surface area (Å²) in [7, 11) is 1.64. The van der Waals surface area contributed by atoms with Crippen molar-refractivity contribution in [3.8, 4) is 5.75 Å². The van der Waals surface area contributed by atoms with Gasteiger partial charge >= 0.3 is 0 Å². The number of hydrogen-bond acceptors (Lipinski definition) is 3. The Hall–Kier alpha value is -1.32. The van der Waals surface area contributed by atoms with Gasteiger partial charge in [0, 0.05) is 18.2 Å². The van der Waals surface area contributed by atoms with Gasteiger partial charge < -0.3 is 4.74 Å². The minimum Gasteiger partial charge on any atom is -0.497 e. The average Bonchev–Trinajstić information content (AvgIpc) is 2.33. The maximum Gasteiger partial charge on any atom is 0.223 e. The first-order chi connectivity index (χ1) is 8.19. The fourth-order valence-electron chi connectivity index (χ4n) is 1.49. The standard InChI is InChI=1S/C12H10Cl2N2O/c1-17-10-4-2-3-8(6-10)5-9-7-15-12(14)16-11(9)13/h2-4,6-7H,5H2,1H3. The van der Waals surface area contributed by atoms with Gasteiger partial charge in [0.15, 0.2) is 0 Å². The van der Waals surface area contributed by atoms with Crippen LogP contribution in [0.5, 0.6) is 5.75 Å². The Labute approximate surface area is 109 Å². The summed E-state index contributed by atoms with van der Waals surface area (Å²) in [5.41, 5.74) is 1.92. The summed E-state index contributed by atoms with van der Waals surface area (Å²) < 4.78 is 5.16. The lowest BCUT2D eigenvalue weighted by atomic mass is 10.1. The van der Waals surface area contributed by atoms with Gasteiger partial charge in [-0.25, -0.2) is 9.97 Å². The molecule has 0 radical (unpaired) electrons. The van der Waals surface area contributed by atoms with Crippen molar-refractivity contribution in [2.45, 2.75) is 6.42 Å². The zero-order valence-corrected chi connectivity index (χ0v) is 10.7. The SMILES string of the molecule is COc1cccc(Cc2cnc(Cl)nc2Cl)c1. The third kappa shape index (κ3) is 3.08. The minimum absolute atomic E-state index is 0.157. The van der Waals surface area contributed by atoms with Crippen molar-refractivity contribution in [3.63, 3.8) is 0 Å². The van der Waals surface area contributed by atoms with E-state index in [9.17, 15) is 0 Å². The molecule has 0 saturated heterocycles. The molecule has 0 atom stereocenters. The molecule has 0 fully saturated rings. The predicted molar refractivity (Wildman–Crippen MR) is 67.9 cm³/mol. The molecule has 0 unspecified atom stereocenters. The molecule has 0 saturated carbocycles. The maximum atomic E-state index is 5.99. The summed E-state index contributed by atoms with van der Waals surface area (Å²) in [6, 6.07) is 7.76. The van der Waals surface area contributed by atoms with Gasteiger partial charge in [0.1, 0.15) is 10.9 Å². The van der Waals surface area contributed by atoms with Gasteiger partial charge in [0.2, 0.25) is 5.28 Å². The highest BCUT2D eigenvalue weighted by atomic mass is 35.5. The van der Waals surface area contributed by atoms with Crippen molar-refractivity contribution in [3.05, 3.63) is 52.0 Å². The molecule has 5 heteroatoms. The second kappa shape index (κ2) is 5.34. The van der Waals surface area contributed by atoms with E-state index in [2.05, 4.69) is 9.97 Å². The van der Waals surface area contributed by atoms with E-state index >= 15 is 0 Å². The summed E-state index contributed by atoms with van der Waals surface area (Å²) in [6.07, 6.45) is 2.28. The number of ether oxygens (including phenoxy) is 1. The average molecular weight is 269 g/mol. The van der Waals surface area contributed by atoms with E-state index in [1.165, 1.54) is 0 Å². The van der Waals surface area contributed by atoms with Crippen molar-refractivity contribution in [2.24, 2.45) is 0 Å². The molecule has 3 nitrogen and oxygen atoms in total. The third-order valence-electron chi connectivity index (χ3n) is 2.31. The summed E-state index contributed by atoms with van der Waals surface area (Å²) in [5, 5.41) is 0.539. The first-order valence-corrected chi connectivity index (χ1v) is 5.74. The Morgan fingerprint density at radius 1 is 1.29 bits per heavy atom.